The maximum atomic E-state index is 12.5. The minimum atomic E-state index is -0.336. The van der Waals surface area contributed by atoms with Gasteiger partial charge in [0.05, 0.1) is 0 Å². The lowest BCUT2D eigenvalue weighted by Gasteiger charge is -2.31. The summed E-state index contributed by atoms with van der Waals surface area (Å²) >= 11 is 0. The number of nitrogens with one attached hydrogen (secondary N) is 2. The van der Waals surface area contributed by atoms with E-state index >= 15 is 0 Å². The first-order valence-corrected chi connectivity index (χ1v) is 7.46. The van der Waals surface area contributed by atoms with Gasteiger partial charge in [-0.3, -0.25) is 9.59 Å². The topological polar surface area (TPSA) is 65.2 Å². The van der Waals surface area contributed by atoms with E-state index in [1.54, 1.807) is 17.0 Å². The lowest BCUT2D eigenvalue weighted by molar-refractivity contribution is 0.0707. The third kappa shape index (κ3) is 3.81. The van der Waals surface area contributed by atoms with Crippen molar-refractivity contribution in [3.8, 4) is 11.3 Å². The van der Waals surface area contributed by atoms with Crippen LogP contribution < -0.4 is 10.9 Å². The van der Waals surface area contributed by atoms with Crippen molar-refractivity contribution in [3.05, 3.63) is 58.4 Å². The molecule has 2 N–H and O–H groups in total. The van der Waals surface area contributed by atoms with Crippen LogP contribution in [0.4, 0.5) is 0 Å². The van der Waals surface area contributed by atoms with E-state index in [1.165, 1.54) is 0 Å². The van der Waals surface area contributed by atoms with Gasteiger partial charge in [-0.2, -0.15) is 0 Å². The highest BCUT2D eigenvalue weighted by Crippen LogP contribution is 2.15. The average molecular weight is 334 g/mol. The molecule has 1 fully saturated rings. The standard InChI is InChI=1S/C17H19N3O2.ClH/c1-12-11-20(10-9-18-12)17(22)14-7-8-15(19-16(14)21)13-5-3-2-4-6-13;/h2-8,12,18H,9-11H2,1H3,(H,19,21);1H. The largest absolute Gasteiger partial charge is 0.336 e. The lowest BCUT2D eigenvalue weighted by Crippen LogP contribution is -2.52. The van der Waals surface area contributed by atoms with Crippen LogP contribution in [0, 0.1) is 0 Å². The Labute approximate surface area is 141 Å². The molecular weight excluding hydrogens is 314 g/mol. The monoisotopic (exact) mass is 333 g/mol. The first-order chi connectivity index (χ1) is 10.6. The van der Waals surface area contributed by atoms with Gasteiger partial charge in [0.2, 0.25) is 0 Å². The number of aromatic nitrogens is 1. The second kappa shape index (κ2) is 7.44. The van der Waals surface area contributed by atoms with Crippen LogP contribution in [-0.2, 0) is 0 Å². The normalized spacial score (nSPS) is 17.4. The van der Waals surface area contributed by atoms with Gasteiger partial charge in [0, 0.05) is 31.4 Å². The molecule has 0 spiro atoms. The zero-order chi connectivity index (χ0) is 15.5. The first kappa shape index (κ1) is 17.2. The van der Waals surface area contributed by atoms with Gasteiger partial charge in [0.15, 0.2) is 0 Å². The van der Waals surface area contributed by atoms with Crippen LogP contribution in [0.5, 0.6) is 0 Å². The number of amides is 1. The molecule has 122 valence electrons. The Balaban J connectivity index is 0.00000192. The summed E-state index contributed by atoms with van der Waals surface area (Å²) in [6.07, 6.45) is 0. The van der Waals surface area contributed by atoms with Gasteiger partial charge in [0.1, 0.15) is 5.56 Å². The molecule has 23 heavy (non-hydrogen) atoms. The Kier molecular flexibility index (Phi) is 5.58. The number of piperazine rings is 1. The molecule has 0 radical (unpaired) electrons. The zero-order valence-electron chi connectivity index (χ0n) is 12.9. The molecule has 0 saturated carbocycles. The van der Waals surface area contributed by atoms with Crippen molar-refractivity contribution in [1.29, 1.82) is 0 Å². The predicted molar refractivity (Wildman–Crippen MR) is 93.1 cm³/mol. The van der Waals surface area contributed by atoms with E-state index in [4.69, 9.17) is 0 Å². The summed E-state index contributed by atoms with van der Waals surface area (Å²) in [5.74, 6) is -0.200. The lowest BCUT2D eigenvalue weighted by atomic mass is 10.1. The van der Waals surface area contributed by atoms with Crippen molar-refractivity contribution in [2.75, 3.05) is 19.6 Å². The number of H-pyrrole nitrogens is 1. The van der Waals surface area contributed by atoms with E-state index in [0.29, 0.717) is 13.1 Å². The summed E-state index contributed by atoms with van der Waals surface area (Å²) in [7, 11) is 0. The van der Waals surface area contributed by atoms with Crippen LogP contribution in [0.3, 0.4) is 0 Å². The highest BCUT2D eigenvalue weighted by Gasteiger charge is 2.23. The molecular formula is C17H20ClN3O2. The molecule has 5 nitrogen and oxygen atoms in total. The van der Waals surface area contributed by atoms with Crippen molar-refractivity contribution in [2.45, 2.75) is 13.0 Å². The van der Waals surface area contributed by atoms with E-state index in [9.17, 15) is 9.59 Å². The number of aromatic amines is 1. The number of hydrogen-bond donors (Lipinski definition) is 2. The molecule has 1 aromatic heterocycles. The Hall–Kier alpha value is -2.11. The fourth-order valence-electron chi connectivity index (χ4n) is 2.72. The minimum Gasteiger partial charge on any atom is -0.336 e. The van der Waals surface area contributed by atoms with Crippen molar-refractivity contribution in [3.63, 3.8) is 0 Å². The smallest absolute Gasteiger partial charge is 0.261 e. The van der Waals surface area contributed by atoms with Crippen LogP contribution in [-0.4, -0.2) is 41.5 Å². The van der Waals surface area contributed by atoms with Gasteiger partial charge in [-0.1, -0.05) is 30.3 Å². The summed E-state index contributed by atoms with van der Waals surface area (Å²) < 4.78 is 0. The molecule has 1 amide bonds. The van der Waals surface area contributed by atoms with E-state index in [-0.39, 0.29) is 35.5 Å². The number of carbonyl (C=O) groups is 1. The van der Waals surface area contributed by atoms with Crippen LogP contribution in [0.15, 0.2) is 47.3 Å². The number of rotatable bonds is 2. The molecule has 0 bridgehead atoms. The van der Waals surface area contributed by atoms with E-state index in [2.05, 4.69) is 10.3 Å². The molecule has 1 aliphatic heterocycles. The van der Waals surface area contributed by atoms with Gasteiger partial charge >= 0.3 is 0 Å². The number of halogens is 1. The third-order valence-electron chi connectivity index (χ3n) is 3.88. The summed E-state index contributed by atoms with van der Waals surface area (Å²) in [4.78, 5) is 29.3. The zero-order valence-corrected chi connectivity index (χ0v) is 13.7. The summed E-state index contributed by atoms with van der Waals surface area (Å²) in [6, 6.07) is 13.2. The average Bonchev–Trinajstić information content (AvgIpc) is 2.55. The van der Waals surface area contributed by atoms with Gasteiger partial charge in [-0.15, -0.1) is 12.4 Å². The Morgan fingerprint density at radius 3 is 2.57 bits per heavy atom. The summed E-state index contributed by atoms with van der Waals surface area (Å²) in [5, 5.41) is 3.28. The van der Waals surface area contributed by atoms with Crippen LogP contribution in [0.1, 0.15) is 17.3 Å². The molecule has 3 rings (SSSR count). The Morgan fingerprint density at radius 2 is 1.91 bits per heavy atom. The van der Waals surface area contributed by atoms with Gasteiger partial charge in [-0.05, 0) is 24.6 Å². The van der Waals surface area contributed by atoms with Crippen molar-refractivity contribution < 1.29 is 4.79 Å². The highest BCUT2D eigenvalue weighted by atomic mass is 35.5. The molecule has 1 atom stereocenters. The Morgan fingerprint density at radius 1 is 1.17 bits per heavy atom. The number of pyridine rings is 1. The highest BCUT2D eigenvalue weighted by molar-refractivity contribution is 5.94. The van der Waals surface area contributed by atoms with Gasteiger partial charge in [-0.25, -0.2) is 0 Å². The second-order valence-electron chi connectivity index (χ2n) is 5.59. The van der Waals surface area contributed by atoms with Gasteiger partial charge < -0.3 is 15.2 Å². The van der Waals surface area contributed by atoms with E-state index < -0.39 is 0 Å². The predicted octanol–water partition coefficient (Wildman–Crippen LogP) is 1.90. The summed E-state index contributed by atoms with van der Waals surface area (Å²) in [5.41, 5.74) is 1.51. The first-order valence-electron chi connectivity index (χ1n) is 7.46. The number of nitrogens with zero attached hydrogens (tertiary/aromatic N) is 1. The van der Waals surface area contributed by atoms with Crippen LogP contribution in [0.2, 0.25) is 0 Å². The molecule has 2 aromatic rings. The van der Waals surface area contributed by atoms with Gasteiger partial charge in [0.25, 0.3) is 11.5 Å². The minimum absolute atomic E-state index is 0. The Bertz CT molecular complexity index is 730. The SMILES string of the molecule is CC1CN(C(=O)c2ccc(-c3ccccc3)[nH]c2=O)CCN1.Cl. The van der Waals surface area contributed by atoms with E-state index in [0.717, 1.165) is 17.8 Å². The fourth-order valence-corrected chi connectivity index (χ4v) is 2.72. The maximum absolute atomic E-state index is 12.5. The number of carbonyl (C=O) groups excluding carboxylic acids is 1. The summed E-state index contributed by atoms with van der Waals surface area (Å²) in [6.45, 7) is 4.04. The van der Waals surface area contributed by atoms with Crippen molar-refractivity contribution in [2.24, 2.45) is 0 Å². The molecule has 1 saturated heterocycles. The number of benzene rings is 1. The number of hydrogen-bond acceptors (Lipinski definition) is 3. The molecule has 1 aliphatic rings. The fraction of sp³-hybridized carbons (Fsp3) is 0.294. The van der Waals surface area contributed by atoms with Crippen LogP contribution in [0.25, 0.3) is 11.3 Å². The van der Waals surface area contributed by atoms with Crippen molar-refractivity contribution in [1.82, 2.24) is 15.2 Å². The third-order valence-corrected chi connectivity index (χ3v) is 3.88. The molecule has 1 aromatic carbocycles. The second-order valence-corrected chi connectivity index (χ2v) is 5.59. The van der Waals surface area contributed by atoms with E-state index in [1.807, 2.05) is 37.3 Å². The van der Waals surface area contributed by atoms with Crippen molar-refractivity contribution >= 4 is 18.3 Å². The molecule has 2 heterocycles. The molecule has 1 unspecified atom stereocenters. The molecule has 6 heteroatoms. The quantitative estimate of drug-likeness (QED) is 0.882. The molecule has 0 aliphatic carbocycles. The van der Waals surface area contributed by atoms with Crippen LogP contribution >= 0.6 is 12.4 Å². The maximum Gasteiger partial charge on any atom is 0.261 e.